The Balaban J connectivity index is 2.58. The molecule has 4 nitrogen and oxygen atoms in total. The summed E-state index contributed by atoms with van der Waals surface area (Å²) in [6.45, 7) is 7.62. The molecule has 0 aliphatic rings. The van der Waals surface area contributed by atoms with Crippen LogP contribution in [0.25, 0.3) is 0 Å². The van der Waals surface area contributed by atoms with Crippen molar-refractivity contribution in [2.75, 3.05) is 0 Å². The molecule has 0 fully saturated rings. The molecule has 0 saturated carbocycles. The minimum Gasteiger partial charge on any atom is -0.447 e. The summed E-state index contributed by atoms with van der Waals surface area (Å²) in [6, 6.07) is -0.134. The van der Waals surface area contributed by atoms with E-state index in [0.717, 1.165) is 0 Å². The van der Waals surface area contributed by atoms with Crippen molar-refractivity contribution in [1.82, 2.24) is 9.71 Å². The lowest BCUT2D eigenvalue weighted by Crippen LogP contribution is -2.34. The Morgan fingerprint density at radius 2 is 2.21 bits per heavy atom. The van der Waals surface area contributed by atoms with Crippen molar-refractivity contribution in [1.29, 1.82) is 0 Å². The summed E-state index contributed by atoms with van der Waals surface area (Å²) in [5.41, 5.74) is 0. The number of oxazole rings is 1. The van der Waals surface area contributed by atoms with Gasteiger partial charge in [-0.3, -0.25) is 0 Å². The van der Waals surface area contributed by atoms with Gasteiger partial charge < -0.3 is 4.42 Å². The maximum absolute atomic E-state index is 11.7. The lowest BCUT2D eigenvalue weighted by Gasteiger charge is -2.20. The molecule has 0 aliphatic heterocycles. The fraction of sp³-hybridized carbons (Fsp3) is 0.667. The third-order valence-electron chi connectivity index (χ3n) is 1.66. The van der Waals surface area contributed by atoms with E-state index in [9.17, 15) is 4.21 Å². The molecular formula is C9H16N2O2S. The zero-order valence-electron chi connectivity index (χ0n) is 8.90. The van der Waals surface area contributed by atoms with Gasteiger partial charge in [0.15, 0.2) is 0 Å². The summed E-state index contributed by atoms with van der Waals surface area (Å²) in [4.78, 5) is 3.99. The smallest absolute Gasteiger partial charge is 0.211 e. The zero-order valence-corrected chi connectivity index (χ0v) is 9.72. The molecule has 1 heterocycles. The van der Waals surface area contributed by atoms with Crippen LogP contribution in [0.1, 0.15) is 39.6 Å². The minimum atomic E-state index is -1.10. The first-order chi connectivity index (χ1) is 6.41. The van der Waals surface area contributed by atoms with Crippen molar-refractivity contribution in [2.24, 2.45) is 0 Å². The quantitative estimate of drug-likeness (QED) is 0.838. The maximum atomic E-state index is 11.7. The largest absolute Gasteiger partial charge is 0.447 e. The van der Waals surface area contributed by atoms with Gasteiger partial charge in [0.1, 0.15) is 6.26 Å². The second-order valence-electron chi connectivity index (χ2n) is 4.09. The summed E-state index contributed by atoms with van der Waals surface area (Å²) in [6.07, 6.45) is 3.08. The Labute approximate surface area is 86.7 Å². The summed E-state index contributed by atoms with van der Waals surface area (Å²) in [5.74, 6) is 0.558. The molecule has 2 atom stereocenters. The fourth-order valence-electron chi connectivity index (χ4n) is 0.836. The minimum absolute atomic E-state index is 0.134. The van der Waals surface area contributed by atoms with Gasteiger partial charge in [-0.1, -0.05) is 0 Å². The maximum Gasteiger partial charge on any atom is 0.211 e. The van der Waals surface area contributed by atoms with Crippen LogP contribution in [0.4, 0.5) is 0 Å². The van der Waals surface area contributed by atoms with Gasteiger partial charge in [-0.05, 0) is 27.7 Å². The van der Waals surface area contributed by atoms with Crippen molar-refractivity contribution in [3.05, 3.63) is 18.4 Å². The van der Waals surface area contributed by atoms with Crippen LogP contribution < -0.4 is 4.72 Å². The zero-order chi connectivity index (χ0) is 10.8. The first-order valence-electron chi connectivity index (χ1n) is 4.48. The Kier molecular flexibility index (Phi) is 3.44. The summed E-state index contributed by atoms with van der Waals surface area (Å²) < 4.78 is 19.5. The van der Waals surface area contributed by atoms with E-state index in [1.54, 1.807) is 6.20 Å². The van der Waals surface area contributed by atoms with Gasteiger partial charge in [-0.15, -0.1) is 0 Å². The average Bonchev–Trinajstić information content (AvgIpc) is 2.53. The summed E-state index contributed by atoms with van der Waals surface area (Å²) in [5, 5.41) is 0. The summed E-state index contributed by atoms with van der Waals surface area (Å²) >= 11 is 0. The van der Waals surface area contributed by atoms with Crippen molar-refractivity contribution in [3.63, 3.8) is 0 Å². The first kappa shape index (κ1) is 11.4. The van der Waals surface area contributed by atoms with Crippen LogP contribution in [-0.4, -0.2) is 13.9 Å². The van der Waals surface area contributed by atoms with E-state index >= 15 is 0 Å². The molecule has 0 spiro atoms. The van der Waals surface area contributed by atoms with Crippen LogP contribution in [0, 0.1) is 0 Å². The lowest BCUT2D eigenvalue weighted by molar-refractivity contribution is 0.448. The average molecular weight is 216 g/mol. The van der Waals surface area contributed by atoms with Crippen LogP contribution in [-0.2, 0) is 11.0 Å². The molecule has 0 aliphatic carbocycles. The third kappa shape index (κ3) is 2.92. The van der Waals surface area contributed by atoms with Gasteiger partial charge in [-0.2, -0.15) is 0 Å². The molecule has 0 radical (unpaired) electrons. The third-order valence-corrected chi connectivity index (χ3v) is 3.34. The predicted molar refractivity (Wildman–Crippen MR) is 55.9 cm³/mol. The van der Waals surface area contributed by atoms with Crippen molar-refractivity contribution in [3.8, 4) is 0 Å². The molecule has 1 N–H and O–H groups in total. The SMILES string of the molecule is C[C@@H](N[S@@](=O)C(C)(C)C)c1ncco1. The predicted octanol–water partition coefficient (Wildman–Crippen LogP) is 1.79. The van der Waals surface area contributed by atoms with Gasteiger partial charge in [0, 0.05) is 0 Å². The monoisotopic (exact) mass is 216 g/mol. The van der Waals surface area contributed by atoms with Crippen molar-refractivity contribution >= 4 is 11.0 Å². The molecule has 0 unspecified atom stereocenters. The molecule has 0 amide bonds. The number of nitrogens with one attached hydrogen (secondary N) is 1. The van der Waals surface area contributed by atoms with Crippen LogP contribution in [0.2, 0.25) is 0 Å². The highest BCUT2D eigenvalue weighted by Gasteiger charge is 2.22. The Hall–Kier alpha value is -0.680. The number of hydrogen-bond acceptors (Lipinski definition) is 3. The number of nitrogens with zero attached hydrogens (tertiary/aromatic N) is 1. The number of rotatable bonds is 3. The molecule has 1 aromatic rings. The second-order valence-corrected chi connectivity index (χ2v) is 6.09. The van der Waals surface area contributed by atoms with Gasteiger partial charge in [0.25, 0.3) is 0 Å². The highest BCUT2D eigenvalue weighted by atomic mass is 32.2. The van der Waals surface area contributed by atoms with E-state index in [4.69, 9.17) is 4.42 Å². The normalized spacial score (nSPS) is 16.6. The van der Waals surface area contributed by atoms with Crippen LogP contribution in [0.15, 0.2) is 16.9 Å². The first-order valence-corrected chi connectivity index (χ1v) is 5.63. The molecule has 80 valence electrons. The Bertz CT molecular complexity index is 303. The second kappa shape index (κ2) is 4.23. The molecular weight excluding hydrogens is 200 g/mol. The van der Waals surface area contributed by atoms with Crippen molar-refractivity contribution < 1.29 is 8.63 Å². The molecule has 5 heteroatoms. The molecule has 1 aromatic heterocycles. The summed E-state index contributed by atoms with van der Waals surface area (Å²) in [7, 11) is -1.10. The lowest BCUT2D eigenvalue weighted by atomic mass is 10.3. The topological polar surface area (TPSA) is 55.1 Å². The van der Waals surface area contributed by atoms with Gasteiger partial charge >= 0.3 is 0 Å². The van der Waals surface area contributed by atoms with Crippen LogP contribution in [0.5, 0.6) is 0 Å². The van der Waals surface area contributed by atoms with E-state index in [2.05, 4.69) is 9.71 Å². The Morgan fingerprint density at radius 3 is 2.64 bits per heavy atom. The van der Waals surface area contributed by atoms with Crippen LogP contribution in [0.3, 0.4) is 0 Å². The van der Waals surface area contributed by atoms with E-state index in [1.807, 2.05) is 27.7 Å². The highest BCUT2D eigenvalue weighted by Crippen LogP contribution is 2.15. The molecule has 0 saturated heterocycles. The van der Waals surface area contributed by atoms with Gasteiger partial charge in [0.05, 0.1) is 28.0 Å². The molecule has 1 rings (SSSR count). The van der Waals surface area contributed by atoms with Gasteiger partial charge in [-0.25, -0.2) is 13.9 Å². The van der Waals surface area contributed by atoms with E-state index in [-0.39, 0.29) is 10.8 Å². The van der Waals surface area contributed by atoms with E-state index in [1.165, 1.54) is 6.26 Å². The Morgan fingerprint density at radius 1 is 1.57 bits per heavy atom. The van der Waals surface area contributed by atoms with E-state index in [0.29, 0.717) is 5.89 Å². The standard InChI is InChI=1S/C9H16N2O2S/c1-7(8-10-5-6-13-8)11-14(12)9(2,3)4/h5-7,11H,1-4H3/t7-,14+/m1/s1. The molecule has 0 bridgehead atoms. The number of hydrogen-bond donors (Lipinski definition) is 1. The van der Waals surface area contributed by atoms with Gasteiger partial charge in [0.2, 0.25) is 5.89 Å². The fourth-order valence-corrected chi connectivity index (χ4v) is 1.61. The van der Waals surface area contributed by atoms with Crippen LogP contribution >= 0.6 is 0 Å². The molecule has 14 heavy (non-hydrogen) atoms. The molecule has 0 aromatic carbocycles. The van der Waals surface area contributed by atoms with Crippen molar-refractivity contribution in [2.45, 2.75) is 38.5 Å². The highest BCUT2D eigenvalue weighted by molar-refractivity contribution is 7.84. The van der Waals surface area contributed by atoms with E-state index < -0.39 is 11.0 Å². The number of aromatic nitrogens is 1.